The maximum absolute atomic E-state index is 6.26. The van der Waals surface area contributed by atoms with E-state index in [1.807, 2.05) is 31.1 Å². The van der Waals surface area contributed by atoms with Crippen LogP contribution in [0.5, 0.6) is 0 Å². The molecule has 2 aromatic rings. The second kappa shape index (κ2) is 6.03. The van der Waals surface area contributed by atoms with Crippen LogP contribution in [-0.4, -0.2) is 10.7 Å². The lowest BCUT2D eigenvalue weighted by atomic mass is 10.0. The number of hydrogen-bond acceptors (Lipinski definition) is 3. The molecule has 2 rings (SSSR count). The van der Waals surface area contributed by atoms with Crippen molar-refractivity contribution < 1.29 is 0 Å². The van der Waals surface area contributed by atoms with Crippen molar-refractivity contribution in [2.24, 2.45) is 5.73 Å². The Morgan fingerprint density at radius 3 is 2.50 bits per heavy atom. The highest BCUT2D eigenvalue weighted by Gasteiger charge is 2.09. The van der Waals surface area contributed by atoms with E-state index in [2.05, 4.69) is 42.2 Å². The zero-order chi connectivity index (χ0) is 13.0. The molecule has 0 fully saturated rings. The molecule has 18 heavy (non-hydrogen) atoms. The van der Waals surface area contributed by atoms with Gasteiger partial charge in [-0.3, -0.25) is 4.98 Å². The molecule has 1 aromatic carbocycles. The summed E-state index contributed by atoms with van der Waals surface area (Å²) >= 11 is 1.84. The Labute approximate surface area is 113 Å². The SMILES string of the molecule is CCSc1ccc(C(N)c2cncc(C)c2)cc1. The largest absolute Gasteiger partial charge is 0.320 e. The molecule has 1 heterocycles. The lowest BCUT2D eigenvalue weighted by Gasteiger charge is -2.13. The number of nitrogens with zero attached hydrogens (tertiary/aromatic N) is 1. The molecular weight excluding hydrogens is 240 g/mol. The first kappa shape index (κ1) is 13.1. The molecule has 0 radical (unpaired) electrons. The standard InChI is InChI=1S/C15H18N2S/c1-3-18-14-6-4-12(5-7-14)15(16)13-8-11(2)9-17-10-13/h4-10,15H,3,16H2,1-2H3. The van der Waals surface area contributed by atoms with Crippen LogP contribution in [0.1, 0.15) is 29.7 Å². The summed E-state index contributed by atoms with van der Waals surface area (Å²) < 4.78 is 0. The number of nitrogens with two attached hydrogens (primary N) is 1. The van der Waals surface area contributed by atoms with E-state index in [-0.39, 0.29) is 6.04 Å². The summed E-state index contributed by atoms with van der Waals surface area (Å²) in [6.07, 6.45) is 3.68. The predicted octanol–water partition coefficient (Wildman–Crippen LogP) is 3.55. The summed E-state index contributed by atoms with van der Waals surface area (Å²) in [5.41, 5.74) is 9.59. The van der Waals surface area contributed by atoms with Crippen LogP contribution in [0.2, 0.25) is 0 Å². The second-order valence-electron chi connectivity index (χ2n) is 4.28. The molecule has 0 aliphatic carbocycles. The lowest BCUT2D eigenvalue weighted by Crippen LogP contribution is -2.12. The van der Waals surface area contributed by atoms with E-state index < -0.39 is 0 Å². The molecule has 1 atom stereocenters. The predicted molar refractivity (Wildman–Crippen MR) is 77.8 cm³/mol. The number of pyridine rings is 1. The Hall–Kier alpha value is -1.32. The summed E-state index contributed by atoms with van der Waals surface area (Å²) in [7, 11) is 0. The summed E-state index contributed by atoms with van der Waals surface area (Å²) in [6.45, 7) is 4.19. The molecule has 94 valence electrons. The quantitative estimate of drug-likeness (QED) is 0.852. The van der Waals surface area contributed by atoms with Crippen molar-refractivity contribution in [2.45, 2.75) is 24.8 Å². The number of aryl methyl sites for hydroxylation is 1. The summed E-state index contributed by atoms with van der Waals surface area (Å²) in [4.78, 5) is 5.48. The third kappa shape index (κ3) is 3.12. The van der Waals surface area contributed by atoms with E-state index >= 15 is 0 Å². The van der Waals surface area contributed by atoms with Crippen molar-refractivity contribution in [2.75, 3.05) is 5.75 Å². The maximum Gasteiger partial charge on any atom is 0.0567 e. The number of rotatable bonds is 4. The highest BCUT2D eigenvalue weighted by molar-refractivity contribution is 7.99. The number of aromatic nitrogens is 1. The van der Waals surface area contributed by atoms with Gasteiger partial charge in [-0.15, -0.1) is 11.8 Å². The van der Waals surface area contributed by atoms with Gasteiger partial charge in [0.1, 0.15) is 0 Å². The Bertz CT molecular complexity index is 508. The van der Waals surface area contributed by atoms with Crippen LogP contribution in [0.3, 0.4) is 0 Å². The van der Waals surface area contributed by atoms with Gasteiger partial charge in [0.05, 0.1) is 6.04 Å². The normalized spacial score (nSPS) is 12.4. The fourth-order valence-corrected chi connectivity index (χ4v) is 2.54. The molecule has 2 N–H and O–H groups in total. The van der Waals surface area contributed by atoms with Crippen LogP contribution in [0.4, 0.5) is 0 Å². The highest BCUT2D eigenvalue weighted by Crippen LogP contribution is 2.23. The van der Waals surface area contributed by atoms with Crippen molar-refractivity contribution in [3.63, 3.8) is 0 Å². The molecule has 2 nitrogen and oxygen atoms in total. The van der Waals surface area contributed by atoms with Gasteiger partial charge in [-0.2, -0.15) is 0 Å². The topological polar surface area (TPSA) is 38.9 Å². The molecule has 0 amide bonds. The van der Waals surface area contributed by atoms with Gasteiger partial charge in [-0.1, -0.05) is 25.1 Å². The molecule has 0 aliphatic heterocycles. The summed E-state index contributed by atoms with van der Waals surface area (Å²) in [6, 6.07) is 10.5. The van der Waals surface area contributed by atoms with E-state index in [1.165, 1.54) is 4.90 Å². The molecule has 1 unspecified atom stereocenters. The van der Waals surface area contributed by atoms with Crippen LogP contribution in [0, 0.1) is 6.92 Å². The van der Waals surface area contributed by atoms with Gasteiger partial charge >= 0.3 is 0 Å². The lowest BCUT2D eigenvalue weighted by molar-refractivity contribution is 0.859. The smallest absolute Gasteiger partial charge is 0.0567 e. The third-order valence-electron chi connectivity index (χ3n) is 2.81. The van der Waals surface area contributed by atoms with Crippen molar-refractivity contribution in [1.29, 1.82) is 0 Å². The first-order chi connectivity index (χ1) is 8.70. The molecule has 0 spiro atoms. The van der Waals surface area contributed by atoms with E-state index in [0.717, 1.165) is 22.4 Å². The minimum absolute atomic E-state index is 0.0990. The number of thioether (sulfide) groups is 1. The maximum atomic E-state index is 6.26. The van der Waals surface area contributed by atoms with E-state index in [4.69, 9.17) is 5.73 Å². The van der Waals surface area contributed by atoms with Gasteiger partial charge in [-0.05, 0) is 41.5 Å². The average molecular weight is 258 g/mol. The summed E-state index contributed by atoms with van der Waals surface area (Å²) in [5.74, 6) is 1.09. The van der Waals surface area contributed by atoms with Crippen molar-refractivity contribution in [1.82, 2.24) is 4.98 Å². The van der Waals surface area contributed by atoms with Crippen molar-refractivity contribution in [3.05, 3.63) is 59.4 Å². The molecule has 3 heteroatoms. The van der Waals surface area contributed by atoms with E-state index in [9.17, 15) is 0 Å². The van der Waals surface area contributed by atoms with Crippen LogP contribution in [0.25, 0.3) is 0 Å². The van der Waals surface area contributed by atoms with Gasteiger partial charge < -0.3 is 5.73 Å². The van der Waals surface area contributed by atoms with Crippen molar-refractivity contribution in [3.8, 4) is 0 Å². The third-order valence-corrected chi connectivity index (χ3v) is 3.70. The fourth-order valence-electron chi connectivity index (χ4n) is 1.88. The van der Waals surface area contributed by atoms with E-state index in [1.54, 1.807) is 0 Å². The second-order valence-corrected chi connectivity index (χ2v) is 5.61. The fraction of sp³-hybridized carbons (Fsp3) is 0.267. The van der Waals surface area contributed by atoms with Crippen LogP contribution < -0.4 is 5.73 Å². The molecule has 0 bridgehead atoms. The summed E-state index contributed by atoms with van der Waals surface area (Å²) in [5, 5.41) is 0. The van der Waals surface area contributed by atoms with Crippen LogP contribution in [-0.2, 0) is 0 Å². The zero-order valence-corrected chi connectivity index (χ0v) is 11.6. The minimum Gasteiger partial charge on any atom is -0.320 e. The number of hydrogen-bond donors (Lipinski definition) is 1. The highest BCUT2D eigenvalue weighted by atomic mass is 32.2. The molecule has 0 saturated heterocycles. The molecule has 0 saturated carbocycles. The van der Waals surface area contributed by atoms with Gasteiger partial charge in [0.15, 0.2) is 0 Å². The monoisotopic (exact) mass is 258 g/mol. The Morgan fingerprint density at radius 2 is 1.89 bits per heavy atom. The molecule has 1 aromatic heterocycles. The first-order valence-electron chi connectivity index (χ1n) is 6.10. The Kier molecular flexibility index (Phi) is 4.39. The minimum atomic E-state index is -0.0990. The Morgan fingerprint density at radius 1 is 1.17 bits per heavy atom. The van der Waals surface area contributed by atoms with E-state index in [0.29, 0.717) is 0 Å². The average Bonchev–Trinajstić information content (AvgIpc) is 2.39. The van der Waals surface area contributed by atoms with Crippen LogP contribution >= 0.6 is 11.8 Å². The van der Waals surface area contributed by atoms with Gasteiger partial charge in [0.2, 0.25) is 0 Å². The molecular formula is C15H18N2S. The van der Waals surface area contributed by atoms with Gasteiger partial charge in [0.25, 0.3) is 0 Å². The molecule has 0 aliphatic rings. The van der Waals surface area contributed by atoms with Crippen molar-refractivity contribution >= 4 is 11.8 Å². The first-order valence-corrected chi connectivity index (χ1v) is 7.09. The van der Waals surface area contributed by atoms with Gasteiger partial charge in [0, 0.05) is 17.3 Å². The van der Waals surface area contributed by atoms with Crippen LogP contribution in [0.15, 0.2) is 47.6 Å². The van der Waals surface area contributed by atoms with Gasteiger partial charge in [-0.25, -0.2) is 0 Å². The zero-order valence-electron chi connectivity index (χ0n) is 10.8. The Balaban J connectivity index is 2.20. The number of benzene rings is 1.